The SMILES string of the molecule is COC(=O)/C=C/[C@@]1(C)C(=O)C=C(OCC(C)C)C[C@@H]1C. The van der Waals surface area contributed by atoms with Gasteiger partial charge in [0.15, 0.2) is 5.78 Å². The van der Waals surface area contributed by atoms with E-state index >= 15 is 0 Å². The predicted molar refractivity (Wildman–Crippen MR) is 76.9 cm³/mol. The number of carbonyl (C=O) groups excluding carboxylic acids is 2. The highest BCUT2D eigenvalue weighted by molar-refractivity contribution is 5.98. The highest BCUT2D eigenvalue weighted by Gasteiger charge is 2.39. The van der Waals surface area contributed by atoms with E-state index in [2.05, 4.69) is 18.6 Å². The topological polar surface area (TPSA) is 52.6 Å². The van der Waals surface area contributed by atoms with Gasteiger partial charge < -0.3 is 9.47 Å². The molecule has 20 heavy (non-hydrogen) atoms. The minimum atomic E-state index is -0.682. The summed E-state index contributed by atoms with van der Waals surface area (Å²) in [6.45, 7) is 8.58. The maximum absolute atomic E-state index is 12.3. The molecule has 0 fully saturated rings. The highest BCUT2D eigenvalue weighted by Crippen LogP contribution is 2.39. The Hall–Kier alpha value is -1.58. The van der Waals surface area contributed by atoms with Crippen molar-refractivity contribution in [2.24, 2.45) is 17.3 Å². The van der Waals surface area contributed by atoms with Crippen molar-refractivity contribution in [3.8, 4) is 0 Å². The van der Waals surface area contributed by atoms with Gasteiger partial charge in [-0.1, -0.05) is 26.8 Å². The average Bonchev–Trinajstić information content (AvgIpc) is 2.39. The molecule has 0 heterocycles. The number of carbonyl (C=O) groups is 2. The molecule has 0 saturated heterocycles. The monoisotopic (exact) mass is 280 g/mol. The molecule has 4 nitrogen and oxygen atoms in total. The number of ketones is 1. The van der Waals surface area contributed by atoms with Crippen LogP contribution < -0.4 is 0 Å². The molecule has 0 aromatic heterocycles. The molecular weight excluding hydrogens is 256 g/mol. The fourth-order valence-corrected chi connectivity index (χ4v) is 2.05. The summed E-state index contributed by atoms with van der Waals surface area (Å²) in [5.41, 5.74) is -0.682. The van der Waals surface area contributed by atoms with Crippen LogP contribution >= 0.6 is 0 Å². The Morgan fingerprint density at radius 3 is 2.70 bits per heavy atom. The number of ether oxygens (including phenoxy) is 2. The molecule has 1 aliphatic rings. The van der Waals surface area contributed by atoms with E-state index in [1.54, 1.807) is 12.2 Å². The summed E-state index contributed by atoms with van der Waals surface area (Å²) >= 11 is 0. The Bertz CT molecular complexity index is 434. The van der Waals surface area contributed by atoms with E-state index in [0.717, 1.165) is 5.76 Å². The quantitative estimate of drug-likeness (QED) is 0.574. The van der Waals surface area contributed by atoms with Gasteiger partial charge in [0.1, 0.15) is 0 Å². The summed E-state index contributed by atoms with van der Waals surface area (Å²) in [6, 6.07) is 0. The first kappa shape index (κ1) is 16.5. The molecule has 0 aromatic carbocycles. The predicted octanol–water partition coefficient (Wildman–Crippen LogP) is 2.89. The normalized spacial score (nSPS) is 26.8. The smallest absolute Gasteiger partial charge is 0.330 e. The van der Waals surface area contributed by atoms with E-state index in [-0.39, 0.29) is 11.7 Å². The van der Waals surface area contributed by atoms with Crippen LogP contribution in [0.5, 0.6) is 0 Å². The van der Waals surface area contributed by atoms with E-state index in [1.165, 1.54) is 13.2 Å². The Morgan fingerprint density at radius 1 is 1.55 bits per heavy atom. The third kappa shape index (κ3) is 3.95. The molecule has 1 aliphatic carbocycles. The molecule has 1 rings (SSSR count). The Morgan fingerprint density at radius 2 is 2.20 bits per heavy atom. The highest BCUT2D eigenvalue weighted by atomic mass is 16.5. The summed E-state index contributed by atoms with van der Waals surface area (Å²) in [5.74, 6) is 0.754. The van der Waals surface area contributed by atoms with Crippen molar-refractivity contribution in [3.05, 3.63) is 24.0 Å². The van der Waals surface area contributed by atoms with Crippen LogP contribution in [-0.4, -0.2) is 25.5 Å². The van der Waals surface area contributed by atoms with Gasteiger partial charge in [-0.3, -0.25) is 4.79 Å². The number of methoxy groups -OCH3 is 1. The summed E-state index contributed by atoms with van der Waals surface area (Å²) in [6.07, 6.45) is 5.22. The average molecular weight is 280 g/mol. The Kier molecular flexibility index (Phi) is 5.54. The first-order valence-corrected chi connectivity index (χ1v) is 6.94. The van der Waals surface area contributed by atoms with Gasteiger partial charge in [0.2, 0.25) is 0 Å². The Balaban J connectivity index is 2.84. The van der Waals surface area contributed by atoms with Crippen molar-refractivity contribution < 1.29 is 19.1 Å². The number of hydrogen-bond donors (Lipinski definition) is 0. The lowest BCUT2D eigenvalue weighted by Crippen LogP contribution is -2.36. The molecule has 0 spiro atoms. The summed E-state index contributed by atoms with van der Waals surface area (Å²) in [7, 11) is 1.32. The number of hydrogen-bond acceptors (Lipinski definition) is 4. The molecule has 0 radical (unpaired) electrons. The standard InChI is InChI=1S/C16H24O4/c1-11(2)10-20-13-8-12(3)16(4,14(17)9-13)7-6-15(18)19-5/h6-7,9,11-12H,8,10H2,1-5H3/b7-6+/t12-,16+/m0/s1. The van der Waals surface area contributed by atoms with E-state index in [4.69, 9.17) is 4.74 Å². The molecule has 4 heteroatoms. The molecule has 0 bridgehead atoms. The van der Waals surface area contributed by atoms with Crippen LogP contribution in [0.15, 0.2) is 24.0 Å². The zero-order chi connectivity index (χ0) is 15.3. The second-order valence-corrected chi connectivity index (χ2v) is 5.92. The second kappa shape index (κ2) is 6.73. The van der Waals surface area contributed by atoms with Crippen LogP contribution in [0.1, 0.15) is 34.1 Å². The van der Waals surface area contributed by atoms with E-state index in [9.17, 15) is 9.59 Å². The molecule has 112 valence electrons. The number of rotatable bonds is 5. The summed E-state index contributed by atoms with van der Waals surface area (Å²) < 4.78 is 10.2. The van der Waals surface area contributed by atoms with Crippen molar-refractivity contribution >= 4 is 11.8 Å². The van der Waals surface area contributed by atoms with Gasteiger partial charge in [-0.25, -0.2) is 4.79 Å². The fraction of sp³-hybridized carbons (Fsp3) is 0.625. The largest absolute Gasteiger partial charge is 0.498 e. The van der Waals surface area contributed by atoms with Crippen LogP contribution in [-0.2, 0) is 19.1 Å². The fourth-order valence-electron chi connectivity index (χ4n) is 2.05. The van der Waals surface area contributed by atoms with Gasteiger partial charge in [-0.2, -0.15) is 0 Å². The van der Waals surface area contributed by atoms with E-state index in [1.807, 2.05) is 13.8 Å². The number of esters is 1. The van der Waals surface area contributed by atoms with Gasteiger partial charge in [0, 0.05) is 18.6 Å². The van der Waals surface area contributed by atoms with Crippen molar-refractivity contribution in [3.63, 3.8) is 0 Å². The van der Waals surface area contributed by atoms with E-state index in [0.29, 0.717) is 18.9 Å². The van der Waals surface area contributed by atoms with Crippen LogP contribution in [0.3, 0.4) is 0 Å². The van der Waals surface area contributed by atoms with Crippen molar-refractivity contribution in [1.29, 1.82) is 0 Å². The zero-order valence-electron chi connectivity index (χ0n) is 12.9. The van der Waals surface area contributed by atoms with Crippen LogP contribution in [0.25, 0.3) is 0 Å². The van der Waals surface area contributed by atoms with E-state index < -0.39 is 11.4 Å². The molecule has 0 unspecified atom stereocenters. The molecule has 0 aliphatic heterocycles. The van der Waals surface area contributed by atoms with Gasteiger partial charge >= 0.3 is 5.97 Å². The molecule has 0 amide bonds. The first-order valence-electron chi connectivity index (χ1n) is 6.94. The minimum Gasteiger partial charge on any atom is -0.498 e. The lowest BCUT2D eigenvalue weighted by atomic mass is 9.69. The molecule has 0 saturated carbocycles. The maximum Gasteiger partial charge on any atom is 0.330 e. The number of allylic oxidation sites excluding steroid dienone is 3. The van der Waals surface area contributed by atoms with Crippen LogP contribution in [0, 0.1) is 17.3 Å². The lowest BCUT2D eigenvalue weighted by Gasteiger charge is -2.34. The molecule has 2 atom stereocenters. The van der Waals surface area contributed by atoms with Crippen molar-refractivity contribution in [2.45, 2.75) is 34.1 Å². The van der Waals surface area contributed by atoms with Gasteiger partial charge in [0.25, 0.3) is 0 Å². The molecule has 0 N–H and O–H groups in total. The third-order valence-corrected chi connectivity index (χ3v) is 3.72. The second-order valence-electron chi connectivity index (χ2n) is 5.92. The first-order chi connectivity index (χ1) is 9.29. The lowest BCUT2D eigenvalue weighted by molar-refractivity contribution is -0.134. The summed E-state index contributed by atoms with van der Waals surface area (Å²) in [5, 5.41) is 0. The van der Waals surface area contributed by atoms with Crippen molar-refractivity contribution in [2.75, 3.05) is 13.7 Å². The Labute approximate surface area is 120 Å². The molecule has 0 aromatic rings. The van der Waals surface area contributed by atoms with Crippen molar-refractivity contribution in [1.82, 2.24) is 0 Å². The minimum absolute atomic E-state index is 0.0323. The van der Waals surface area contributed by atoms with Gasteiger partial charge in [0.05, 0.1) is 24.9 Å². The van der Waals surface area contributed by atoms with Crippen LogP contribution in [0.2, 0.25) is 0 Å². The maximum atomic E-state index is 12.3. The van der Waals surface area contributed by atoms with Crippen LogP contribution in [0.4, 0.5) is 0 Å². The molecular formula is C16H24O4. The van der Waals surface area contributed by atoms with Gasteiger partial charge in [-0.05, 0) is 18.8 Å². The van der Waals surface area contributed by atoms with Gasteiger partial charge in [-0.15, -0.1) is 0 Å². The third-order valence-electron chi connectivity index (χ3n) is 3.72. The summed E-state index contributed by atoms with van der Waals surface area (Å²) in [4.78, 5) is 23.5. The zero-order valence-corrected chi connectivity index (χ0v) is 12.9.